The van der Waals surface area contributed by atoms with Crippen molar-refractivity contribution < 1.29 is 21.3 Å². The Morgan fingerprint density at radius 1 is 0.611 bits per heavy atom. The molecule has 0 aliphatic heterocycles. The second-order valence-electron chi connectivity index (χ2n) is 18.5. The second-order valence-corrected chi connectivity index (χ2v) is 25.0. The van der Waals surface area contributed by atoms with Crippen molar-refractivity contribution in [1.29, 1.82) is 0 Å². The van der Waals surface area contributed by atoms with Crippen LogP contribution in [0.5, 0.6) is 0 Å². The standard InChI is InChI=1S/C29H37.C17H18.C5H5.2ClH.Zr/c1-21-14-13-15-22-20-27(6)25(4)18-10-9-16-23(25,2)24(3)17-11-12-19-26(24,5)29(27,8)28(21,22)7;1-14(16-9-5-3-6-10-16)13-15(2)17-11-7-4-8-12-17;1-2-4-5-3-1;;;/h9-20,22H,1-8H3;3-12,14-15H,1-2H3;1-3H,4H2;2*1H;. The van der Waals surface area contributed by atoms with Gasteiger partial charge in [-0.25, -0.2) is 0 Å². The van der Waals surface area contributed by atoms with Gasteiger partial charge in [-0.3, -0.25) is 0 Å². The number of allylic oxidation sites excluding steroid dienone is 16. The van der Waals surface area contributed by atoms with Crippen molar-refractivity contribution in [1.82, 2.24) is 0 Å². The fourth-order valence-electron chi connectivity index (χ4n) is 14.1. The predicted molar refractivity (Wildman–Crippen MR) is 235 cm³/mol. The summed E-state index contributed by atoms with van der Waals surface area (Å²) in [5.41, 5.74) is 3.91. The molecule has 0 radical (unpaired) electrons. The van der Waals surface area contributed by atoms with Gasteiger partial charge in [0, 0.05) is 0 Å². The van der Waals surface area contributed by atoms with Crippen LogP contribution < -0.4 is 0 Å². The molecule has 2 fully saturated rings. The van der Waals surface area contributed by atoms with Gasteiger partial charge in [-0.15, -0.1) is 24.8 Å². The summed E-state index contributed by atoms with van der Waals surface area (Å²) in [5.74, 6) is 1.16. The molecule has 0 aromatic heterocycles. The second kappa shape index (κ2) is 14.0. The Kier molecular flexibility index (Phi) is 10.7. The average molecular weight is 837 g/mol. The molecule has 284 valence electrons. The van der Waals surface area contributed by atoms with E-state index in [1.807, 2.05) is 3.21 Å². The van der Waals surface area contributed by atoms with E-state index in [1.54, 1.807) is 8.85 Å². The Morgan fingerprint density at radius 3 is 1.59 bits per heavy atom. The first kappa shape index (κ1) is 41.3. The molecule has 0 amide bonds. The van der Waals surface area contributed by atoms with Crippen molar-refractivity contribution in [3.8, 4) is 0 Å². The minimum Gasteiger partial charge on any atom is -0.147 e. The van der Waals surface area contributed by atoms with Crippen LogP contribution in [0.15, 0.2) is 155 Å². The summed E-state index contributed by atoms with van der Waals surface area (Å²) in [6.07, 6.45) is 36.5. The number of hydrogen-bond donors (Lipinski definition) is 0. The van der Waals surface area contributed by atoms with E-state index in [0.29, 0.717) is 21.4 Å². The van der Waals surface area contributed by atoms with Crippen molar-refractivity contribution in [2.24, 2.45) is 43.8 Å². The van der Waals surface area contributed by atoms with E-state index in [-0.39, 0.29) is 62.7 Å². The third-order valence-corrected chi connectivity index (χ3v) is 27.9. The van der Waals surface area contributed by atoms with E-state index in [4.69, 9.17) is 0 Å². The van der Waals surface area contributed by atoms with Gasteiger partial charge < -0.3 is 0 Å². The number of halogens is 2. The quantitative estimate of drug-likeness (QED) is 0.272. The van der Waals surface area contributed by atoms with Crippen LogP contribution in [-0.2, 0) is 21.3 Å². The summed E-state index contributed by atoms with van der Waals surface area (Å²) in [6.45, 7) is 26.6. The Labute approximate surface area is 347 Å². The van der Waals surface area contributed by atoms with Gasteiger partial charge in [0.2, 0.25) is 0 Å². The molecule has 54 heavy (non-hydrogen) atoms. The van der Waals surface area contributed by atoms with E-state index in [0.717, 1.165) is 6.42 Å². The molecule has 0 heterocycles. The smallest absolute Gasteiger partial charge is 0.147 e. The summed E-state index contributed by atoms with van der Waals surface area (Å²) in [5, 5.41) is 0. The first-order chi connectivity index (χ1) is 24.7. The topological polar surface area (TPSA) is 0 Å². The Balaban J connectivity index is 0.00000249. The maximum atomic E-state index is 2.84. The molecule has 6 aliphatic carbocycles. The van der Waals surface area contributed by atoms with Crippen LogP contribution in [0, 0.1) is 43.8 Å². The van der Waals surface area contributed by atoms with Crippen LogP contribution in [0.25, 0.3) is 0 Å². The first-order valence-electron chi connectivity index (χ1n) is 20.0. The van der Waals surface area contributed by atoms with Gasteiger partial charge in [0.25, 0.3) is 0 Å². The van der Waals surface area contributed by atoms with Crippen molar-refractivity contribution >= 4 is 28.0 Å². The minimum atomic E-state index is -2.92. The summed E-state index contributed by atoms with van der Waals surface area (Å²) >= 11 is -2.92. The molecule has 11 unspecified atom stereocenters. The third-order valence-electron chi connectivity index (χ3n) is 17.8. The number of fused-ring (bicyclic) bond motifs is 8. The van der Waals surface area contributed by atoms with Gasteiger partial charge in [0.05, 0.1) is 0 Å². The Morgan fingerprint density at radius 2 is 1.09 bits per heavy atom. The minimum absolute atomic E-state index is 0. The summed E-state index contributed by atoms with van der Waals surface area (Å²) in [7, 11) is 0. The molecule has 2 aromatic rings. The summed E-state index contributed by atoms with van der Waals surface area (Å²) in [6, 6.07) is 23.0. The predicted octanol–water partition coefficient (Wildman–Crippen LogP) is 14.3. The van der Waals surface area contributed by atoms with E-state index < -0.39 is 21.3 Å². The normalized spacial score (nSPS) is 40.2. The third kappa shape index (κ3) is 4.74. The van der Waals surface area contributed by atoms with Gasteiger partial charge in [0.1, 0.15) is 0 Å². The molecule has 3 heteroatoms. The van der Waals surface area contributed by atoms with Crippen LogP contribution in [0.1, 0.15) is 98.6 Å². The van der Waals surface area contributed by atoms with Crippen LogP contribution in [0.2, 0.25) is 3.63 Å². The summed E-state index contributed by atoms with van der Waals surface area (Å²) < 4.78 is 4.19. The molecule has 11 atom stereocenters. The molecule has 0 N–H and O–H groups in total. The molecule has 0 nitrogen and oxygen atoms in total. The van der Waals surface area contributed by atoms with E-state index in [1.165, 1.54) is 11.1 Å². The van der Waals surface area contributed by atoms with Crippen molar-refractivity contribution in [3.05, 3.63) is 166 Å². The van der Waals surface area contributed by atoms with Crippen molar-refractivity contribution in [2.45, 2.75) is 91.1 Å². The zero-order valence-corrected chi connectivity index (χ0v) is 38.3. The maximum absolute atomic E-state index is 2.92. The fourth-order valence-corrected chi connectivity index (χ4v) is 26.4. The number of benzene rings is 2. The molecule has 2 aromatic carbocycles. The van der Waals surface area contributed by atoms with Crippen molar-refractivity contribution in [3.63, 3.8) is 0 Å². The van der Waals surface area contributed by atoms with Gasteiger partial charge in [0.15, 0.2) is 0 Å². The van der Waals surface area contributed by atoms with Crippen LogP contribution in [0.4, 0.5) is 0 Å². The molecule has 0 spiro atoms. The first-order valence-corrected chi connectivity index (χ1v) is 23.9. The Bertz CT molecular complexity index is 2030. The van der Waals surface area contributed by atoms with Gasteiger partial charge in [-0.1, -0.05) is 0 Å². The fraction of sp³-hybridized carbons (Fsp3) is 0.431. The average Bonchev–Trinajstić information content (AvgIpc) is 3.74. The monoisotopic (exact) mass is 834 g/mol. The van der Waals surface area contributed by atoms with E-state index in [9.17, 15) is 0 Å². The number of hydrogen-bond acceptors (Lipinski definition) is 0. The van der Waals surface area contributed by atoms with Crippen LogP contribution in [0.3, 0.4) is 0 Å². The van der Waals surface area contributed by atoms with Gasteiger partial charge in [-0.05, 0) is 0 Å². The van der Waals surface area contributed by atoms with Crippen LogP contribution in [-0.4, -0.2) is 3.21 Å². The zero-order valence-electron chi connectivity index (χ0n) is 34.2. The zero-order chi connectivity index (χ0) is 37.0. The molecular weight excluding hydrogens is 775 g/mol. The molecule has 8 rings (SSSR count). The molecule has 6 aliphatic rings. The van der Waals surface area contributed by atoms with Gasteiger partial charge >= 0.3 is 325 Å². The van der Waals surface area contributed by atoms with Crippen molar-refractivity contribution in [2.75, 3.05) is 0 Å². The van der Waals surface area contributed by atoms with E-state index in [2.05, 4.69) is 215 Å². The molecule has 2 saturated carbocycles. The van der Waals surface area contributed by atoms with Gasteiger partial charge in [-0.2, -0.15) is 0 Å². The van der Waals surface area contributed by atoms with Crippen LogP contribution >= 0.6 is 24.8 Å². The summed E-state index contributed by atoms with van der Waals surface area (Å²) in [4.78, 5) is 0. The maximum Gasteiger partial charge on any atom is -0.147 e. The molecule has 0 saturated heterocycles. The number of rotatable bonds is 6. The molecule has 0 bridgehead atoms. The van der Waals surface area contributed by atoms with E-state index >= 15 is 0 Å². The molecular formula is C51H62Cl2Zr. The largest absolute Gasteiger partial charge is 0.147 e. The Hall–Kier alpha value is -2.31. The SMILES string of the molecule is CC1=CC=CC2[CH]([Zr]([C]3=CC=CC3)=[C](C(C)c3ccccc3)C(C)c3ccccc3)C3(C)C4(C)C=CC=CC4(C)C4(C)C=CC=CC4(C)C3(C)C12C.Cl.Cl.